The molecule has 0 aliphatic heterocycles. The van der Waals surface area contributed by atoms with E-state index in [1.54, 1.807) is 4.52 Å². The van der Waals surface area contributed by atoms with Crippen LogP contribution in [-0.4, -0.2) is 23.0 Å². The lowest BCUT2D eigenvalue weighted by atomic mass is 10.0. The first-order valence-corrected chi connectivity index (χ1v) is 9.84. The van der Waals surface area contributed by atoms with Crippen molar-refractivity contribution >= 4 is 26.3 Å². The molecule has 6 nitrogen and oxygen atoms in total. The minimum absolute atomic E-state index is 0.150. The summed E-state index contributed by atoms with van der Waals surface area (Å²) in [7, 11) is -3.87. The van der Waals surface area contributed by atoms with Crippen molar-refractivity contribution in [3.05, 3.63) is 60.2 Å². The molecule has 0 radical (unpaired) electrons. The maximum absolute atomic E-state index is 11.6. The topological polar surface area (TPSA) is 90.3 Å². The molecule has 0 fully saturated rings. The molecule has 0 spiro atoms. The van der Waals surface area contributed by atoms with Crippen molar-refractivity contribution in [3.63, 3.8) is 0 Å². The molecule has 0 aliphatic rings. The first-order valence-electron chi connectivity index (χ1n) is 7.48. The Morgan fingerprint density at radius 1 is 1.00 bits per heavy atom. The molecule has 4 rings (SSSR count). The van der Waals surface area contributed by atoms with Crippen molar-refractivity contribution in [3.8, 4) is 22.5 Å². The maximum atomic E-state index is 11.6. The van der Waals surface area contributed by atoms with Gasteiger partial charge in [0.05, 0.1) is 0 Å². The summed E-state index contributed by atoms with van der Waals surface area (Å²) < 4.78 is 24.7. The van der Waals surface area contributed by atoms with Gasteiger partial charge in [0.1, 0.15) is 11.4 Å². The van der Waals surface area contributed by atoms with Crippen LogP contribution >= 0.6 is 11.3 Å². The number of hydrogen-bond acceptors (Lipinski definition) is 5. The number of imidazole rings is 1. The van der Waals surface area contributed by atoms with Crippen molar-refractivity contribution in [1.82, 2.24) is 14.6 Å². The third-order valence-electron chi connectivity index (χ3n) is 3.80. The molecule has 0 saturated heterocycles. The largest absolute Gasteiger partial charge is 0.267 e. The third kappa shape index (κ3) is 2.84. The van der Waals surface area contributed by atoms with E-state index < -0.39 is 10.0 Å². The number of nitrogens with zero attached hydrogens (tertiary/aromatic N) is 3. The molecule has 2 aromatic heterocycles. The molecular weight excluding hydrogens is 356 g/mol. The number of aryl methyl sites for hydroxylation is 1. The Labute approximate surface area is 148 Å². The number of rotatable bonds is 3. The Balaban J connectivity index is 2.03. The third-order valence-corrected chi connectivity index (χ3v) is 6.02. The van der Waals surface area contributed by atoms with Crippen molar-refractivity contribution in [2.45, 2.75) is 11.3 Å². The van der Waals surface area contributed by atoms with E-state index in [4.69, 9.17) is 5.14 Å². The predicted molar refractivity (Wildman–Crippen MR) is 97.8 cm³/mol. The molecule has 4 aromatic rings. The minimum atomic E-state index is -3.87. The van der Waals surface area contributed by atoms with E-state index in [2.05, 4.69) is 10.1 Å². The fourth-order valence-electron chi connectivity index (χ4n) is 2.61. The molecule has 0 unspecified atom stereocenters. The molecule has 126 valence electrons. The van der Waals surface area contributed by atoms with Gasteiger partial charge in [-0.3, -0.25) is 0 Å². The highest BCUT2D eigenvalue weighted by Gasteiger charge is 2.22. The molecule has 8 heteroatoms. The standard InChI is InChI=1S/C17H14N4O2S2/c1-11-7-9-12(10-8-11)14-15(13-5-3-2-4-6-13)21-16(19-14)24-17(20-21)25(18,22)23/h2-10H,1H3,(H2,18,22,23). The fraction of sp³-hybridized carbons (Fsp3) is 0.0588. The van der Waals surface area contributed by atoms with E-state index in [0.29, 0.717) is 4.96 Å². The number of nitrogens with two attached hydrogens (primary N) is 1. The average molecular weight is 370 g/mol. The van der Waals surface area contributed by atoms with Crippen molar-refractivity contribution < 1.29 is 8.42 Å². The number of benzene rings is 2. The summed E-state index contributed by atoms with van der Waals surface area (Å²) in [6.45, 7) is 2.02. The van der Waals surface area contributed by atoms with Crippen LogP contribution in [0, 0.1) is 6.92 Å². The number of sulfonamides is 1. The van der Waals surface area contributed by atoms with Crippen molar-refractivity contribution in [1.29, 1.82) is 0 Å². The van der Waals surface area contributed by atoms with E-state index in [0.717, 1.165) is 39.4 Å². The second-order valence-corrected chi connectivity index (χ2v) is 8.34. The molecule has 2 heterocycles. The summed E-state index contributed by atoms with van der Waals surface area (Å²) in [5, 5.41) is 9.40. The summed E-state index contributed by atoms with van der Waals surface area (Å²) in [6, 6.07) is 17.7. The Bertz CT molecular complexity index is 1160. The molecule has 0 atom stereocenters. The van der Waals surface area contributed by atoms with Crippen LogP contribution in [0.15, 0.2) is 58.9 Å². The van der Waals surface area contributed by atoms with Crippen LogP contribution in [0.5, 0.6) is 0 Å². The van der Waals surface area contributed by atoms with Gasteiger partial charge in [-0.1, -0.05) is 71.5 Å². The van der Waals surface area contributed by atoms with E-state index in [9.17, 15) is 8.42 Å². The normalized spacial score (nSPS) is 11.9. The van der Waals surface area contributed by atoms with Gasteiger partial charge in [-0.2, -0.15) is 0 Å². The van der Waals surface area contributed by atoms with Crippen LogP contribution in [0.3, 0.4) is 0 Å². The smallest absolute Gasteiger partial charge is 0.223 e. The monoisotopic (exact) mass is 370 g/mol. The summed E-state index contributed by atoms with van der Waals surface area (Å²) in [6.07, 6.45) is 0. The second kappa shape index (κ2) is 5.76. The molecule has 0 amide bonds. The quantitative estimate of drug-likeness (QED) is 0.600. The van der Waals surface area contributed by atoms with Gasteiger partial charge in [-0.15, -0.1) is 5.10 Å². The van der Waals surface area contributed by atoms with E-state index in [1.807, 2.05) is 61.5 Å². The van der Waals surface area contributed by atoms with E-state index in [1.165, 1.54) is 0 Å². The highest BCUT2D eigenvalue weighted by Crippen LogP contribution is 2.34. The highest BCUT2D eigenvalue weighted by atomic mass is 32.2. The zero-order valence-corrected chi connectivity index (χ0v) is 14.9. The molecule has 25 heavy (non-hydrogen) atoms. The SMILES string of the molecule is Cc1ccc(-c2nc3sc(S(N)(=O)=O)nn3c2-c2ccccc2)cc1. The van der Waals surface area contributed by atoms with E-state index in [-0.39, 0.29) is 4.34 Å². The Morgan fingerprint density at radius 3 is 2.32 bits per heavy atom. The van der Waals surface area contributed by atoms with Crippen LogP contribution in [0.2, 0.25) is 0 Å². The van der Waals surface area contributed by atoms with Crippen LogP contribution in [0.4, 0.5) is 0 Å². The molecule has 0 bridgehead atoms. The first kappa shape index (κ1) is 15.9. The highest BCUT2D eigenvalue weighted by molar-refractivity contribution is 7.91. The van der Waals surface area contributed by atoms with Gasteiger partial charge in [0.15, 0.2) is 0 Å². The van der Waals surface area contributed by atoms with Gasteiger partial charge in [0.2, 0.25) is 9.30 Å². The summed E-state index contributed by atoms with van der Waals surface area (Å²) >= 11 is 0.959. The first-order chi connectivity index (χ1) is 11.9. The van der Waals surface area contributed by atoms with Crippen LogP contribution in [0.1, 0.15) is 5.56 Å². The van der Waals surface area contributed by atoms with E-state index >= 15 is 0 Å². The summed E-state index contributed by atoms with van der Waals surface area (Å²) in [5.74, 6) is 0. The lowest BCUT2D eigenvalue weighted by Crippen LogP contribution is -2.12. The molecule has 2 aromatic carbocycles. The van der Waals surface area contributed by atoms with Crippen molar-refractivity contribution in [2.75, 3.05) is 0 Å². The average Bonchev–Trinajstić information content (AvgIpc) is 3.14. The Kier molecular flexibility index (Phi) is 3.68. The number of aromatic nitrogens is 3. The van der Waals surface area contributed by atoms with Crippen LogP contribution in [0.25, 0.3) is 27.5 Å². The minimum Gasteiger partial charge on any atom is -0.223 e. The molecular formula is C17H14N4O2S2. The zero-order chi connectivity index (χ0) is 17.6. The lowest BCUT2D eigenvalue weighted by Gasteiger charge is -2.04. The Hall–Kier alpha value is -2.55. The molecule has 0 aliphatic carbocycles. The number of hydrogen-bond donors (Lipinski definition) is 1. The van der Waals surface area contributed by atoms with Gasteiger partial charge in [0.25, 0.3) is 10.0 Å². The number of primary sulfonamides is 1. The van der Waals surface area contributed by atoms with Gasteiger partial charge in [0, 0.05) is 11.1 Å². The summed E-state index contributed by atoms with van der Waals surface area (Å²) in [5.41, 5.74) is 4.49. The summed E-state index contributed by atoms with van der Waals surface area (Å²) in [4.78, 5) is 5.11. The fourth-order valence-corrected chi connectivity index (χ4v) is 4.13. The second-order valence-electron chi connectivity index (χ2n) is 5.65. The predicted octanol–water partition coefficient (Wildman–Crippen LogP) is 3.08. The Morgan fingerprint density at radius 2 is 1.68 bits per heavy atom. The maximum Gasteiger partial charge on any atom is 0.267 e. The van der Waals surface area contributed by atoms with Crippen LogP contribution < -0.4 is 5.14 Å². The van der Waals surface area contributed by atoms with Crippen LogP contribution in [-0.2, 0) is 10.0 Å². The molecule has 2 N–H and O–H groups in total. The van der Waals surface area contributed by atoms with Gasteiger partial charge in [-0.05, 0) is 6.92 Å². The van der Waals surface area contributed by atoms with Gasteiger partial charge in [-0.25, -0.2) is 23.1 Å². The zero-order valence-electron chi connectivity index (χ0n) is 13.2. The number of fused-ring (bicyclic) bond motifs is 1. The lowest BCUT2D eigenvalue weighted by molar-refractivity contribution is 0.595. The van der Waals surface area contributed by atoms with Gasteiger partial charge >= 0.3 is 0 Å². The van der Waals surface area contributed by atoms with Crippen molar-refractivity contribution in [2.24, 2.45) is 5.14 Å². The molecule has 0 saturated carbocycles. The van der Waals surface area contributed by atoms with Gasteiger partial charge < -0.3 is 0 Å².